The number of hydrogen-bond donors (Lipinski definition) is 1. The van der Waals surface area contributed by atoms with Gasteiger partial charge in [-0.1, -0.05) is 29.8 Å². The molecule has 0 aromatic heterocycles. The van der Waals surface area contributed by atoms with Gasteiger partial charge in [0.15, 0.2) is 0 Å². The van der Waals surface area contributed by atoms with Gasteiger partial charge in [0.2, 0.25) is 15.9 Å². The molecule has 0 radical (unpaired) electrons. The topological polar surface area (TPSA) is 66.5 Å². The zero-order valence-corrected chi connectivity index (χ0v) is 17.6. The normalized spacial score (nSPS) is 12.5. The van der Waals surface area contributed by atoms with Gasteiger partial charge in [0, 0.05) is 11.6 Å². The monoisotopic (exact) mass is 426 g/mol. The number of nitrogens with zero attached hydrogens (tertiary/aromatic N) is 1. The van der Waals surface area contributed by atoms with Gasteiger partial charge in [-0.05, 0) is 62.1 Å². The van der Waals surface area contributed by atoms with Crippen LogP contribution in [-0.2, 0) is 21.2 Å². The Balaban J connectivity index is 2.01. The van der Waals surface area contributed by atoms with E-state index in [4.69, 9.17) is 11.6 Å². The van der Waals surface area contributed by atoms with Crippen LogP contribution in [0.2, 0.25) is 5.02 Å². The van der Waals surface area contributed by atoms with Gasteiger partial charge in [0.05, 0.1) is 11.9 Å². The van der Waals surface area contributed by atoms with Crippen LogP contribution in [-0.4, -0.2) is 33.2 Å². The van der Waals surface area contributed by atoms with E-state index in [1.807, 2.05) is 6.92 Å². The van der Waals surface area contributed by atoms with Crippen molar-refractivity contribution in [2.24, 2.45) is 0 Å². The molecule has 0 saturated carbocycles. The second-order valence-electron chi connectivity index (χ2n) is 6.69. The lowest BCUT2D eigenvalue weighted by atomic mass is 10.1. The number of nitrogens with one attached hydrogen (secondary N) is 1. The highest BCUT2D eigenvalue weighted by atomic mass is 35.5. The van der Waals surface area contributed by atoms with Gasteiger partial charge in [-0.25, -0.2) is 12.8 Å². The minimum atomic E-state index is -3.69. The van der Waals surface area contributed by atoms with Gasteiger partial charge >= 0.3 is 0 Å². The minimum absolute atomic E-state index is 0.289. The molecule has 1 amide bonds. The van der Waals surface area contributed by atoms with E-state index < -0.39 is 22.0 Å². The van der Waals surface area contributed by atoms with Gasteiger partial charge in [0.1, 0.15) is 11.9 Å². The third kappa shape index (κ3) is 5.94. The first-order chi connectivity index (χ1) is 13.1. The standard InChI is InChI=1S/C20H24ClFN2O3S/c1-14-6-11-18(13-19(14)21)24(28(3,26)27)15(2)20(25)23-12-4-5-16-7-9-17(22)10-8-16/h6-11,13,15H,4-5,12H2,1-3H3,(H,23,25)/t15-/m1/s1. The Kier molecular flexibility index (Phi) is 7.43. The molecule has 0 aliphatic rings. The van der Waals surface area contributed by atoms with E-state index in [2.05, 4.69) is 5.32 Å². The second-order valence-corrected chi connectivity index (χ2v) is 8.96. The third-order valence-electron chi connectivity index (χ3n) is 4.35. The summed E-state index contributed by atoms with van der Waals surface area (Å²) in [5.74, 6) is -0.691. The molecule has 0 saturated heterocycles. The maximum absolute atomic E-state index is 12.9. The van der Waals surface area contributed by atoms with Gasteiger partial charge in [0.25, 0.3) is 0 Å². The number of aryl methyl sites for hydroxylation is 2. The van der Waals surface area contributed by atoms with Crippen LogP contribution in [0.25, 0.3) is 0 Å². The van der Waals surface area contributed by atoms with Crippen molar-refractivity contribution in [2.45, 2.75) is 32.7 Å². The SMILES string of the molecule is Cc1ccc(N([C@H](C)C(=O)NCCCc2ccc(F)cc2)S(C)(=O)=O)cc1Cl. The Morgan fingerprint density at radius 1 is 1.21 bits per heavy atom. The largest absolute Gasteiger partial charge is 0.354 e. The Morgan fingerprint density at radius 3 is 2.43 bits per heavy atom. The van der Waals surface area contributed by atoms with Gasteiger partial charge in [-0.2, -0.15) is 0 Å². The summed E-state index contributed by atoms with van der Waals surface area (Å²) in [6.07, 6.45) is 2.39. The molecule has 0 aliphatic carbocycles. The molecule has 0 bridgehead atoms. The molecule has 1 N–H and O–H groups in total. The number of hydrogen-bond acceptors (Lipinski definition) is 3. The fourth-order valence-electron chi connectivity index (χ4n) is 2.83. The Morgan fingerprint density at radius 2 is 1.86 bits per heavy atom. The molecule has 5 nitrogen and oxygen atoms in total. The average Bonchev–Trinajstić information content (AvgIpc) is 2.62. The number of anilines is 1. The smallest absolute Gasteiger partial charge is 0.243 e. The number of benzene rings is 2. The molecule has 1 atom stereocenters. The summed E-state index contributed by atoms with van der Waals surface area (Å²) in [5.41, 5.74) is 2.12. The molecular formula is C20H24ClFN2O3S. The number of carbonyl (C=O) groups is 1. The minimum Gasteiger partial charge on any atom is -0.354 e. The summed E-state index contributed by atoms with van der Waals surface area (Å²) in [4.78, 5) is 12.5. The third-order valence-corrected chi connectivity index (χ3v) is 6.00. The highest BCUT2D eigenvalue weighted by Gasteiger charge is 2.29. The van der Waals surface area contributed by atoms with Gasteiger partial charge in [-0.3, -0.25) is 9.10 Å². The van der Waals surface area contributed by atoms with E-state index in [1.165, 1.54) is 25.1 Å². The van der Waals surface area contributed by atoms with Crippen molar-refractivity contribution in [3.8, 4) is 0 Å². The summed E-state index contributed by atoms with van der Waals surface area (Å²) in [6, 6.07) is 10.1. The van der Waals surface area contributed by atoms with Gasteiger partial charge < -0.3 is 5.32 Å². The van der Waals surface area contributed by atoms with E-state index in [0.717, 1.165) is 21.7 Å². The van der Waals surface area contributed by atoms with Crippen molar-refractivity contribution >= 4 is 33.2 Å². The lowest BCUT2D eigenvalue weighted by Gasteiger charge is -2.28. The fourth-order valence-corrected chi connectivity index (χ4v) is 4.17. The zero-order valence-electron chi connectivity index (χ0n) is 16.1. The fraction of sp³-hybridized carbons (Fsp3) is 0.350. The van der Waals surface area contributed by atoms with Crippen LogP contribution >= 0.6 is 11.6 Å². The van der Waals surface area contributed by atoms with Crippen molar-refractivity contribution in [3.05, 3.63) is 64.4 Å². The molecule has 152 valence electrons. The van der Waals surface area contributed by atoms with Crippen LogP contribution in [0.4, 0.5) is 10.1 Å². The van der Waals surface area contributed by atoms with Crippen LogP contribution in [0.1, 0.15) is 24.5 Å². The molecule has 28 heavy (non-hydrogen) atoms. The van der Waals surface area contributed by atoms with E-state index in [1.54, 1.807) is 24.3 Å². The molecule has 0 unspecified atom stereocenters. The maximum atomic E-state index is 12.9. The highest BCUT2D eigenvalue weighted by molar-refractivity contribution is 7.92. The van der Waals surface area contributed by atoms with Gasteiger partial charge in [-0.15, -0.1) is 0 Å². The average molecular weight is 427 g/mol. The van der Waals surface area contributed by atoms with E-state index >= 15 is 0 Å². The number of rotatable bonds is 8. The van der Waals surface area contributed by atoms with Crippen molar-refractivity contribution in [2.75, 3.05) is 17.1 Å². The summed E-state index contributed by atoms with van der Waals surface area (Å²) in [5, 5.41) is 3.19. The quantitative estimate of drug-likeness (QED) is 0.654. The van der Waals surface area contributed by atoms with Crippen molar-refractivity contribution in [1.82, 2.24) is 5.32 Å². The van der Waals surface area contributed by atoms with Crippen molar-refractivity contribution < 1.29 is 17.6 Å². The maximum Gasteiger partial charge on any atom is 0.243 e. The Hall–Kier alpha value is -2.12. The van der Waals surface area contributed by atoms with Crippen LogP contribution < -0.4 is 9.62 Å². The number of sulfonamides is 1. The summed E-state index contributed by atoms with van der Waals surface area (Å²) in [6.45, 7) is 3.73. The Labute approximate surface area is 170 Å². The summed E-state index contributed by atoms with van der Waals surface area (Å²) < 4.78 is 38.6. The molecule has 2 rings (SSSR count). The van der Waals surface area contributed by atoms with Crippen LogP contribution in [0.15, 0.2) is 42.5 Å². The van der Waals surface area contributed by atoms with E-state index in [0.29, 0.717) is 30.1 Å². The summed E-state index contributed by atoms with van der Waals surface area (Å²) in [7, 11) is -3.69. The molecule has 0 heterocycles. The molecule has 0 aliphatic heterocycles. The molecule has 2 aromatic rings. The number of halogens is 2. The molecule has 8 heteroatoms. The Bertz CT molecular complexity index is 933. The van der Waals surface area contributed by atoms with Crippen LogP contribution in [0, 0.1) is 12.7 Å². The molecule has 0 spiro atoms. The molecule has 2 aromatic carbocycles. The predicted octanol–water partition coefficient (Wildman–Crippen LogP) is 3.69. The zero-order chi connectivity index (χ0) is 20.9. The first-order valence-electron chi connectivity index (χ1n) is 8.87. The van der Waals surface area contributed by atoms with Crippen LogP contribution in [0.5, 0.6) is 0 Å². The first kappa shape index (κ1) is 22.2. The summed E-state index contributed by atoms with van der Waals surface area (Å²) >= 11 is 6.12. The molecule has 0 fully saturated rings. The van der Waals surface area contributed by atoms with Crippen molar-refractivity contribution in [1.29, 1.82) is 0 Å². The van der Waals surface area contributed by atoms with Crippen LogP contribution in [0.3, 0.4) is 0 Å². The first-order valence-corrected chi connectivity index (χ1v) is 11.1. The van der Waals surface area contributed by atoms with Crippen molar-refractivity contribution in [3.63, 3.8) is 0 Å². The van der Waals surface area contributed by atoms with E-state index in [9.17, 15) is 17.6 Å². The predicted molar refractivity (Wildman–Crippen MR) is 111 cm³/mol. The lowest BCUT2D eigenvalue weighted by molar-refractivity contribution is -0.121. The lowest BCUT2D eigenvalue weighted by Crippen LogP contribution is -2.48. The second kappa shape index (κ2) is 9.39. The number of amides is 1. The number of carbonyl (C=O) groups excluding carboxylic acids is 1. The molecular weight excluding hydrogens is 403 g/mol. The highest BCUT2D eigenvalue weighted by Crippen LogP contribution is 2.26. The van der Waals surface area contributed by atoms with E-state index in [-0.39, 0.29) is 5.82 Å².